The molecule has 0 heterocycles. The molecule has 21 heavy (non-hydrogen) atoms. The molecule has 0 spiro atoms. The zero-order valence-corrected chi connectivity index (χ0v) is 13.6. The second-order valence-electron chi connectivity index (χ2n) is 5.58. The van der Waals surface area contributed by atoms with Crippen molar-refractivity contribution in [2.45, 2.75) is 25.7 Å². The molecule has 1 amide bonds. The van der Waals surface area contributed by atoms with Gasteiger partial charge in [-0.1, -0.05) is 19.9 Å². The Kier molecular flexibility index (Phi) is 6.49. The summed E-state index contributed by atoms with van der Waals surface area (Å²) < 4.78 is 10.6. The maximum Gasteiger partial charge on any atom is 0.221 e. The van der Waals surface area contributed by atoms with Gasteiger partial charge in [0.2, 0.25) is 5.91 Å². The first-order valence-electron chi connectivity index (χ1n) is 7.08. The molecule has 118 valence electrons. The van der Waals surface area contributed by atoms with E-state index < -0.39 is 0 Å². The zero-order chi connectivity index (χ0) is 15.9. The molecular formula is C16H26N2O3. The lowest BCUT2D eigenvalue weighted by atomic mass is 9.84. The minimum Gasteiger partial charge on any atom is -0.493 e. The van der Waals surface area contributed by atoms with Gasteiger partial charge in [-0.3, -0.25) is 4.79 Å². The molecule has 1 rings (SSSR count). The van der Waals surface area contributed by atoms with Crippen molar-refractivity contribution in [3.8, 4) is 11.5 Å². The largest absolute Gasteiger partial charge is 0.493 e. The van der Waals surface area contributed by atoms with E-state index >= 15 is 0 Å². The highest BCUT2D eigenvalue weighted by Crippen LogP contribution is 2.32. The van der Waals surface area contributed by atoms with Gasteiger partial charge in [-0.25, -0.2) is 0 Å². The molecule has 0 atom stereocenters. The second kappa shape index (κ2) is 7.88. The minimum absolute atomic E-state index is 0.0536. The van der Waals surface area contributed by atoms with E-state index in [9.17, 15) is 4.79 Å². The first-order valence-corrected chi connectivity index (χ1v) is 7.08. The van der Waals surface area contributed by atoms with Crippen molar-refractivity contribution in [3.63, 3.8) is 0 Å². The molecule has 0 bridgehead atoms. The van der Waals surface area contributed by atoms with Crippen molar-refractivity contribution in [1.82, 2.24) is 10.6 Å². The van der Waals surface area contributed by atoms with Crippen LogP contribution in [0.3, 0.4) is 0 Å². The first kappa shape index (κ1) is 17.3. The quantitative estimate of drug-likeness (QED) is 0.766. The van der Waals surface area contributed by atoms with Crippen LogP contribution in [0.2, 0.25) is 0 Å². The molecule has 0 saturated carbocycles. The standard InChI is InChI=1S/C16H26N2O3/c1-16(2,11-18-15(19)8-9-17-3)12-6-7-13(20-4)14(10-12)21-5/h6-7,10,17H,8-9,11H2,1-5H3,(H,18,19). The number of hydrogen-bond donors (Lipinski definition) is 2. The van der Waals surface area contributed by atoms with Gasteiger partial charge in [0.05, 0.1) is 14.2 Å². The topological polar surface area (TPSA) is 59.6 Å². The Bertz CT molecular complexity index is 473. The highest BCUT2D eigenvalue weighted by molar-refractivity contribution is 5.76. The van der Waals surface area contributed by atoms with Gasteiger partial charge in [-0.2, -0.15) is 0 Å². The monoisotopic (exact) mass is 294 g/mol. The van der Waals surface area contributed by atoms with Gasteiger partial charge in [0.25, 0.3) is 0 Å². The molecule has 2 N–H and O–H groups in total. The molecule has 0 fully saturated rings. The molecule has 0 aliphatic heterocycles. The molecule has 5 heteroatoms. The van der Waals surface area contributed by atoms with Crippen molar-refractivity contribution >= 4 is 5.91 Å². The molecule has 5 nitrogen and oxygen atoms in total. The number of nitrogens with one attached hydrogen (secondary N) is 2. The van der Waals surface area contributed by atoms with Crippen LogP contribution in [-0.4, -0.2) is 40.3 Å². The number of rotatable bonds is 8. The number of carbonyl (C=O) groups excluding carboxylic acids is 1. The lowest BCUT2D eigenvalue weighted by molar-refractivity contribution is -0.121. The summed E-state index contributed by atoms with van der Waals surface area (Å²) in [5.74, 6) is 1.46. The molecular weight excluding hydrogens is 268 g/mol. The Morgan fingerprint density at radius 3 is 2.43 bits per heavy atom. The highest BCUT2D eigenvalue weighted by Gasteiger charge is 2.23. The SMILES string of the molecule is CNCCC(=O)NCC(C)(C)c1ccc(OC)c(OC)c1. The maximum atomic E-state index is 11.7. The Morgan fingerprint density at radius 1 is 1.19 bits per heavy atom. The van der Waals surface area contributed by atoms with Gasteiger partial charge < -0.3 is 20.1 Å². The smallest absolute Gasteiger partial charge is 0.221 e. The Morgan fingerprint density at radius 2 is 1.86 bits per heavy atom. The summed E-state index contributed by atoms with van der Waals surface area (Å²) >= 11 is 0. The third kappa shape index (κ3) is 4.93. The van der Waals surface area contributed by atoms with E-state index in [-0.39, 0.29) is 11.3 Å². The maximum absolute atomic E-state index is 11.7. The van der Waals surface area contributed by atoms with Gasteiger partial charge in [0, 0.05) is 24.9 Å². The molecule has 0 radical (unpaired) electrons. The van der Waals surface area contributed by atoms with Crippen molar-refractivity contribution in [2.24, 2.45) is 0 Å². The summed E-state index contributed by atoms with van der Waals surface area (Å²) in [6.07, 6.45) is 0.485. The summed E-state index contributed by atoms with van der Waals surface area (Å²) in [7, 11) is 5.07. The normalized spacial score (nSPS) is 11.1. The van der Waals surface area contributed by atoms with E-state index in [4.69, 9.17) is 9.47 Å². The van der Waals surface area contributed by atoms with Gasteiger partial charge in [-0.15, -0.1) is 0 Å². The second-order valence-corrected chi connectivity index (χ2v) is 5.58. The van der Waals surface area contributed by atoms with Crippen molar-refractivity contribution in [3.05, 3.63) is 23.8 Å². The van der Waals surface area contributed by atoms with E-state index in [1.807, 2.05) is 25.2 Å². The number of methoxy groups -OCH3 is 2. The van der Waals surface area contributed by atoms with E-state index in [1.54, 1.807) is 14.2 Å². The van der Waals surface area contributed by atoms with Crippen LogP contribution in [0.25, 0.3) is 0 Å². The summed E-state index contributed by atoms with van der Waals surface area (Å²) in [5, 5.41) is 5.94. The van der Waals surface area contributed by atoms with Crippen molar-refractivity contribution < 1.29 is 14.3 Å². The van der Waals surface area contributed by atoms with E-state index in [0.29, 0.717) is 31.0 Å². The fraction of sp³-hybridized carbons (Fsp3) is 0.562. The van der Waals surface area contributed by atoms with Crippen molar-refractivity contribution in [1.29, 1.82) is 0 Å². The van der Waals surface area contributed by atoms with E-state index in [2.05, 4.69) is 24.5 Å². The molecule has 1 aromatic carbocycles. The van der Waals surface area contributed by atoms with Crippen LogP contribution in [0.5, 0.6) is 11.5 Å². The van der Waals surface area contributed by atoms with E-state index in [0.717, 1.165) is 5.56 Å². The van der Waals surface area contributed by atoms with Crippen LogP contribution < -0.4 is 20.1 Å². The number of ether oxygens (including phenoxy) is 2. The molecule has 0 aromatic heterocycles. The number of carbonyl (C=O) groups is 1. The fourth-order valence-corrected chi connectivity index (χ4v) is 2.01. The molecule has 0 aliphatic carbocycles. The highest BCUT2D eigenvalue weighted by atomic mass is 16.5. The number of amides is 1. The number of hydrogen-bond acceptors (Lipinski definition) is 4. The minimum atomic E-state index is -0.186. The van der Waals surface area contributed by atoms with E-state index in [1.165, 1.54) is 0 Å². The zero-order valence-electron chi connectivity index (χ0n) is 13.6. The van der Waals surface area contributed by atoms with Crippen LogP contribution in [0.1, 0.15) is 25.8 Å². The average molecular weight is 294 g/mol. The van der Waals surface area contributed by atoms with Crippen LogP contribution in [0.15, 0.2) is 18.2 Å². The third-order valence-corrected chi connectivity index (χ3v) is 3.49. The molecule has 0 unspecified atom stereocenters. The van der Waals surface area contributed by atoms with Crippen LogP contribution in [-0.2, 0) is 10.2 Å². The van der Waals surface area contributed by atoms with Crippen LogP contribution in [0, 0.1) is 0 Å². The molecule has 0 saturated heterocycles. The predicted molar refractivity (Wildman–Crippen MR) is 84.1 cm³/mol. The van der Waals surface area contributed by atoms with Gasteiger partial charge in [0.15, 0.2) is 11.5 Å². The first-order chi connectivity index (χ1) is 9.94. The van der Waals surface area contributed by atoms with Gasteiger partial charge in [0.1, 0.15) is 0 Å². The fourth-order valence-electron chi connectivity index (χ4n) is 2.01. The lowest BCUT2D eigenvalue weighted by Gasteiger charge is -2.26. The summed E-state index contributed by atoms with van der Waals surface area (Å²) in [4.78, 5) is 11.7. The van der Waals surface area contributed by atoms with Gasteiger partial charge >= 0.3 is 0 Å². The molecule has 0 aliphatic rings. The van der Waals surface area contributed by atoms with Crippen LogP contribution >= 0.6 is 0 Å². The summed E-state index contributed by atoms with van der Waals surface area (Å²) in [6, 6.07) is 5.85. The summed E-state index contributed by atoms with van der Waals surface area (Å²) in [5.41, 5.74) is 0.906. The van der Waals surface area contributed by atoms with Crippen molar-refractivity contribution in [2.75, 3.05) is 34.4 Å². The predicted octanol–water partition coefficient (Wildman–Crippen LogP) is 1.71. The van der Waals surface area contributed by atoms with Crippen LogP contribution in [0.4, 0.5) is 0 Å². The Balaban J connectivity index is 2.75. The number of benzene rings is 1. The summed E-state index contributed by atoms with van der Waals surface area (Å²) in [6.45, 7) is 5.44. The Labute approximate surface area is 127 Å². The third-order valence-electron chi connectivity index (χ3n) is 3.49. The Hall–Kier alpha value is -1.75. The lowest BCUT2D eigenvalue weighted by Crippen LogP contribution is -2.37. The van der Waals surface area contributed by atoms with Gasteiger partial charge in [-0.05, 0) is 24.7 Å². The average Bonchev–Trinajstić information content (AvgIpc) is 2.50. The molecule has 1 aromatic rings.